The van der Waals surface area contributed by atoms with Crippen LogP contribution in [0.2, 0.25) is 0 Å². The van der Waals surface area contributed by atoms with Gasteiger partial charge in [0.05, 0.1) is 5.56 Å². The van der Waals surface area contributed by atoms with Gasteiger partial charge >= 0.3 is 5.63 Å². The first-order chi connectivity index (χ1) is 11.6. The molecule has 0 spiro atoms. The van der Waals surface area contributed by atoms with Crippen molar-refractivity contribution < 1.29 is 9.15 Å². The molecule has 0 fully saturated rings. The summed E-state index contributed by atoms with van der Waals surface area (Å²) in [7, 11) is 0. The van der Waals surface area contributed by atoms with Crippen molar-refractivity contribution in [3.63, 3.8) is 0 Å². The summed E-state index contributed by atoms with van der Waals surface area (Å²) in [5.74, 6) is 0.802. The van der Waals surface area contributed by atoms with Gasteiger partial charge in [-0.2, -0.15) is 0 Å². The van der Waals surface area contributed by atoms with Crippen molar-refractivity contribution in [3.05, 3.63) is 75.1 Å². The minimum absolute atomic E-state index is 0.316. The first kappa shape index (κ1) is 15.0. The Labute approximate surface area is 140 Å². The van der Waals surface area contributed by atoms with Gasteiger partial charge in [-0.25, -0.2) is 4.79 Å². The van der Waals surface area contributed by atoms with Crippen molar-refractivity contribution in [2.75, 3.05) is 6.73 Å². The summed E-state index contributed by atoms with van der Waals surface area (Å²) in [5.41, 5.74) is 4.70. The lowest BCUT2D eigenvalue weighted by Gasteiger charge is -2.29. The van der Waals surface area contributed by atoms with E-state index in [1.54, 1.807) is 0 Å². The Morgan fingerprint density at radius 2 is 1.88 bits per heavy atom. The molecule has 0 bridgehead atoms. The molecule has 0 atom stereocenters. The quantitative estimate of drug-likeness (QED) is 0.674. The highest BCUT2D eigenvalue weighted by molar-refractivity contribution is 5.85. The van der Waals surface area contributed by atoms with E-state index in [0.29, 0.717) is 18.9 Å². The fourth-order valence-electron chi connectivity index (χ4n) is 3.19. The van der Waals surface area contributed by atoms with Gasteiger partial charge < -0.3 is 9.15 Å². The zero-order chi connectivity index (χ0) is 16.7. The zero-order valence-electron chi connectivity index (χ0n) is 13.8. The van der Waals surface area contributed by atoms with Crippen molar-refractivity contribution in [2.45, 2.75) is 26.9 Å². The molecule has 1 aliphatic heterocycles. The van der Waals surface area contributed by atoms with Crippen molar-refractivity contribution in [2.24, 2.45) is 0 Å². The van der Waals surface area contributed by atoms with Gasteiger partial charge in [-0.3, -0.25) is 4.90 Å². The molecule has 2 heterocycles. The Morgan fingerprint density at radius 1 is 1.08 bits per heavy atom. The number of aryl methyl sites for hydroxylation is 2. The van der Waals surface area contributed by atoms with E-state index in [2.05, 4.69) is 36.1 Å². The lowest BCUT2D eigenvalue weighted by Crippen LogP contribution is -2.31. The summed E-state index contributed by atoms with van der Waals surface area (Å²) in [6.45, 7) is 6.04. The molecule has 24 heavy (non-hydrogen) atoms. The largest absolute Gasteiger partial charge is 0.478 e. The number of hydrogen-bond acceptors (Lipinski definition) is 4. The topological polar surface area (TPSA) is 42.7 Å². The van der Waals surface area contributed by atoms with Crippen molar-refractivity contribution in [1.29, 1.82) is 0 Å². The Kier molecular flexibility index (Phi) is 3.62. The second-order valence-corrected chi connectivity index (χ2v) is 6.41. The molecule has 122 valence electrons. The molecule has 3 aromatic rings. The molecule has 4 rings (SSSR count). The van der Waals surface area contributed by atoms with Crippen LogP contribution in [-0.2, 0) is 13.1 Å². The van der Waals surface area contributed by atoms with Gasteiger partial charge in [-0.15, -0.1) is 0 Å². The third-order valence-electron chi connectivity index (χ3n) is 4.49. The summed E-state index contributed by atoms with van der Waals surface area (Å²) < 4.78 is 11.4. The van der Waals surface area contributed by atoms with Gasteiger partial charge in [0.2, 0.25) is 0 Å². The summed E-state index contributed by atoms with van der Waals surface area (Å²) in [6.07, 6.45) is 0. The highest BCUT2D eigenvalue weighted by Gasteiger charge is 2.22. The van der Waals surface area contributed by atoms with Crippen LogP contribution >= 0.6 is 0 Å². The Balaban J connectivity index is 1.69. The fraction of sp³-hybridized carbons (Fsp3) is 0.250. The first-order valence-electron chi connectivity index (χ1n) is 8.07. The molecule has 0 aliphatic carbocycles. The van der Waals surface area contributed by atoms with E-state index < -0.39 is 0 Å². The van der Waals surface area contributed by atoms with E-state index in [4.69, 9.17) is 9.15 Å². The highest BCUT2D eigenvalue weighted by Crippen LogP contribution is 2.33. The van der Waals surface area contributed by atoms with Crippen molar-refractivity contribution in [3.8, 4) is 5.75 Å². The zero-order valence-corrected chi connectivity index (χ0v) is 13.8. The Hall–Kier alpha value is -2.59. The van der Waals surface area contributed by atoms with Gasteiger partial charge in [0.25, 0.3) is 0 Å². The van der Waals surface area contributed by atoms with Crippen LogP contribution in [0, 0.1) is 13.8 Å². The SMILES string of the molecule is Cc1ccc(CN2COc3ccc4c(C)cc(=O)oc4c3C2)cc1. The number of hydrogen-bond donors (Lipinski definition) is 0. The number of rotatable bonds is 2. The monoisotopic (exact) mass is 321 g/mol. The van der Waals surface area contributed by atoms with Gasteiger partial charge in [-0.05, 0) is 37.1 Å². The average molecular weight is 321 g/mol. The third-order valence-corrected chi connectivity index (χ3v) is 4.49. The maximum atomic E-state index is 11.8. The number of benzene rings is 2. The predicted molar refractivity (Wildman–Crippen MR) is 93.1 cm³/mol. The van der Waals surface area contributed by atoms with Crippen LogP contribution < -0.4 is 10.4 Å². The molecule has 0 unspecified atom stereocenters. The van der Waals surface area contributed by atoms with E-state index in [9.17, 15) is 4.79 Å². The maximum Gasteiger partial charge on any atom is 0.336 e. The molecule has 0 saturated heterocycles. The Bertz CT molecular complexity index is 957. The van der Waals surface area contributed by atoms with Gasteiger partial charge in [0.1, 0.15) is 18.1 Å². The van der Waals surface area contributed by atoms with Crippen LogP contribution in [-0.4, -0.2) is 11.6 Å². The second kappa shape index (κ2) is 5.80. The number of fused-ring (bicyclic) bond motifs is 3. The number of nitrogens with zero attached hydrogens (tertiary/aromatic N) is 1. The maximum absolute atomic E-state index is 11.8. The lowest BCUT2D eigenvalue weighted by molar-refractivity contribution is 0.0889. The standard InChI is InChI=1S/C20H19NO3/c1-13-3-5-15(6-4-13)10-21-11-17-18(23-12-21)8-7-16-14(2)9-19(22)24-20(16)17/h3-9H,10-12H2,1-2H3. The van der Waals surface area contributed by atoms with Gasteiger partial charge in [-0.1, -0.05) is 29.8 Å². The lowest BCUT2D eigenvalue weighted by atomic mass is 10.0. The number of ether oxygens (including phenoxy) is 1. The second-order valence-electron chi connectivity index (χ2n) is 6.41. The van der Waals surface area contributed by atoms with E-state index in [1.165, 1.54) is 17.2 Å². The van der Waals surface area contributed by atoms with Crippen LogP contribution in [0.15, 0.2) is 51.7 Å². The van der Waals surface area contributed by atoms with E-state index >= 15 is 0 Å². The molecule has 1 aliphatic rings. The summed E-state index contributed by atoms with van der Waals surface area (Å²) in [6, 6.07) is 14.0. The average Bonchev–Trinajstić information content (AvgIpc) is 2.57. The minimum atomic E-state index is -0.316. The van der Waals surface area contributed by atoms with Gasteiger partial charge in [0, 0.05) is 24.5 Å². The summed E-state index contributed by atoms with van der Waals surface area (Å²) >= 11 is 0. The molecule has 2 aromatic carbocycles. The van der Waals surface area contributed by atoms with Crippen LogP contribution in [0.1, 0.15) is 22.3 Å². The van der Waals surface area contributed by atoms with Crippen LogP contribution in [0.4, 0.5) is 0 Å². The highest BCUT2D eigenvalue weighted by atomic mass is 16.5. The van der Waals surface area contributed by atoms with E-state index in [-0.39, 0.29) is 5.63 Å². The molecule has 0 saturated carbocycles. The van der Waals surface area contributed by atoms with Crippen molar-refractivity contribution in [1.82, 2.24) is 4.90 Å². The van der Waals surface area contributed by atoms with Gasteiger partial charge in [0.15, 0.2) is 0 Å². The summed E-state index contributed by atoms with van der Waals surface area (Å²) in [4.78, 5) is 14.0. The normalized spacial score (nSPS) is 14.4. The Morgan fingerprint density at radius 3 is 2.67 bits per heavy atom. The minimum Gasteiger partial charge on any atom is -0.478 e. The molecule has 4 heteroatoms. The third kappa shape index (κ3) is 2.69. The molecule has 0 amide bonds. The first-order valence-corrected chi connectivity index (χ1v) is 8.07. The summed E-state index contributed by atoms with van der Waals surface area (Å²) in [5, 5.41) is 0.967. The van der Waals surface area contributed by atoms with Crippen LogP contribution in [0.25, 0.3) is 11.0 Å². The van der Waals surface area contributed by atoms with E-state index in [0.717, 1.165) is 28.8 Å². The molecule has 0 radical (unpaired) electrons. The molecular weight excluding hydrogens is 302 g/mol. The molecular formula is C20H19NO3. The molecule has 4 nitrogen and oxygen atoms in total. The van der Waals surface area contributed by atoms with Crippen LogP contribution in [0.5, 0.6) is 5.75 Å². The molecule has 0 N–H and O–H groups in total. The van der Waals surface area contributed by atoms with Crippen LogP contribution in [0.3, 0.4) is 0 Å². The van der Waals surface area contributed by atoms with E-state index in [1.807, 2.05) is 19.1 Å². The smallest absolute Gasteiger partial charge is 0.336 e. The van der Waals surface area contributed by atoms with Crippen molar-refractivity contribution >= 4 is 11.0 Å². The molecule has 1 aromatic heterocycles. The fourth-order valence-corrected chi connectivity index (χ4v) is 3.19. The predicted octanol–water partition coefficient (Wildman–Crippen LogP) is 3.76.